The van der Waals surface area contributed by atoms with Crippen LogP contribution >= 0.6 is 0 Å². The minimum Gasteiger partial charge on any atom is -0.497 e. The van der Waals surface area contributed by atoms with Crippen LogP contribution in [0.1, 0.15) is 49.3 Å². The molecule has 2 aliphatic rings. The molecule has 1 aromatic heterocycles. The molecule has 172 valence electrons. The van der Waals surface area contributed by atoms with Crippen molar-refractivity contribution < 1.29 is 23.8 Å². The summed E-state index contributed by atoms with van der Waals surface area (Å²) in [6, 6.07) is 9.39. The van der Waals surface area contributed by atoms with Crippen LogP contribution in [0.3, 0.4) is 0 Å². The molecule has 0 spiro atoms. The topological polar surface area (TPSA) is 115 Å². The standard InChI is InChI=1S/C23H30N4O5/c1-30-18-5-2-15(3-6-18)12-22(28)25-21-14-20(26-27-21)16-4-7-19(13-16)32-23(29)24-17-8-10-31-11-9-17/h2-3,5-6,14,16-17,19H,4,7-13H2,1H3,(H,24,29)(H2,25,26,27,28)/t16-,19+/m0/s1. The third-order valence-corrected chi connectivity index (χ3v) is 6.03. The van der Waals surface area contributed by atoms with Crippen LogP contribution in [0.4, 0.5) is 10.6 Å². The van der Waals surface area contributed by atoms with Crippen LogP contribution in [0, 0.1) is 0 Å². The average molecular weight is 443 g/mol. The zero-order valence-corrected chi connectivity index (χ0v) is 18.3. The van der Waals surface area contributed by atoms with Crippen molar-refractivity contribution >= 4 is 17.8 Å². The quantitative estimate of drug-likeness (QED) is 0.607. The van der Waals surface area contributed by atoms with Gasteiger partial charge in [0.2, 0.25) is 5.91 Å². The van der Waals surface area contributed by atoms with E-state index in [1.807, 2.05) is 30.3 Å². The molecule has 2 atom stereocenters. The first-order valence-electron chi connectivity index (χ1n) is 11.1. The number of aromatic amines is 1. The molecule has 1 aliphatic heterocycles. The lowest BCUT2D eigenvalue weighted by molar-refractivity contribution is -0.115. The fourth-order valence-electron chi connectivity index (χ4n) is 4.25. The van der Waals surface area contributed by atoms with Gasteiger partial charge in [0.1, 0.15) is 11.9 Å². The number of benzene rings is 1. The number of hydrogen-bond donors (Lipinski definition) is 3. The first kappa shape index (κ1) is 22.1. The Kier molecular flexibility index (Phi) is 7.26. The third-order valence-electron chi connectivity index (χ3n) is 6.03. The van der Waals surface area contributed by atoms with E-state index in [4.69, 9.17) is 14.2 Å². The first-order chi connectivity index (χ1) is 15.6. The van der Waals surface area contributed by atoms with Gasteiger partial charge in [-0.05, 0) is 49.8 Å². The molecular formula is C23H30N4O5. The lowest BCUT2D eigenvalue weighted by atomic mass is 10.0. The molecule has 2 aromatic rings. The molecule has 9 heteroatoms. The Morgan fingerprint density at radius 2 is 1.94 bits per heavy atom. The molecule has 2 amide bonds. The summed E-state index contributed by atoms with van der Waals surface area (Å²) >= 11 is 0. The molecule has 32 heavy (non-hydrogen) atoms. The van der Waals surface area contributed by atoms with E-state index in [2.05, 4.69) is 20.8 Å². The van der Waals surface area contributed by atoms with Crippen LogP contribution in [0.2, 0.25) is 0 Å². The molecule has 0 unspecified atom stereocenters. The van der Waals surface area contributed by atoms with Gasteiger partial charge in [0.25, 0.3) is 0 Å². The summed E-state index contributed by atoms with van der Waals surface area (Å²) in [6.45, 7) is 1.35. The average Bonchev–Trinajstić information content (AvgIpc) is 3.44. The second-order valence-corrected chi connectivity index (χ2v) is 8.35. The monoisotopic (exact) mass is 442 g/mol. The maximum atomic E-state index is 12.3. The maximum Gasteiger partial charge on any atom is 0.407 e. The van der Waals surface area contributed by atoms with Crippen molar-refractivity contribution in [2.45, 2.75) is 56.6 Å². The van der Waals surface area contributed by atoms with E-state index in [-0.39, 0.29) is 36.5 Å². The maximum absolute atomic E-state index is 12.3. The molecule has 0 radical (unpaired) electrons. The largest absolute Gasteiger partial charge is 0.497 e. The van der Waals surface area contributed by atoms with Crippen molar-refractivity contribution in [1.82, 2.24) is 15.5 Å². The normalized spacial score (nSPS) is 21.2. The number of nitrogens with one attached hydrogen (secondary N) is 3. The van der Waals surface area contributed by atoms with E-state index < -0.39 is 0 Å². The lowest BCUT2D eigenvalue weighted by Gasteiger charge is -2.23. The van der Waals surface area contributed by atoms with Crippen molar-refractivity contribution in [3.8, 4) is 5.75 Å². The van der Waals surface area contributed by atoms with Gasteiger partial charge in [-0.3, -0.25) is 9.89 Å². The number of nitrogens with zero attached hydrogens (tertiary/aromatic N) is 1. The van der Waals surface area contributed by atoms with Gasteiger partial charge in [-0.2, -0.15) is 5.10 Å². The zero-order chi connectivity index (χ0) is 22.3. The highest BCUT2D eigenvalue weighted by Gasteiger charge is 2.30. The van der Waals surface area contributed by atoms with Gasteiger partial charge in [-0.15, -0.1) is 0 Å². The Bertz CT molecular complexity index is 907. The highest BCUT2D eigenvalue weighted by atomic mass is 16.6. The van der Waals surface area contributed by atoms with E-state index in [1.165, 1.54) is 0 Å². The number of ether oxygens (including phenoxy) is 3. The summed E-state index contributed by atoms with van der Waals surface area (Å²) in [4.78, 5) is 24.5. The molecule has 1 saturated carbocycles. The molecule has 3 N–H and O–H groups in total. The smallest absolute Gasteiger partial charge is 0.407 e. The molecule has 0 bridgehead atoms. The Morgan fingerprint density at radius 1 is 1.16 bits per heavy atom. The van der Waals surface area contributed by atoms with Crippen LogP contribution in [0.15, 0.2) is 30.3 Å². The summed E-state index contributed by atoms with van der Waals surface area (Å²) < 4.78 is 16.1. The van der Waals surface area contributed by atoms with Gasteiger partial charge in [-0.25, -0.2) is 4.79 Å². The lowest BCUT2D eigenvalue weighted by Crippen LogP contribution is -2.40. The van der Waals surface area contributed by atoms with Crippen molar-refractivity contribution in [1.29, 1.82) is 0 Å². The minimum absolute atomic E-state index is 0.115. The molecule has 4 rings (SSSR count). The molecule has 1 aliphatic carbocycles. The number of anilines is 1. The number of carbonyl (C=O) groups is 2. The number of aromatic nitrogens is 2. The number of H-pyrrole nitrogens is 1. The Balaban J connectivity index is 1.22. The fourth-order valence-corrected chi connectivity index (χ4v) is 4.25. The minimum atomic E-state index is -0.348. The SMILES string of the molecule is COc1ccc(CC(=O)Nc2cc([C@H]3CC[C@@H](OC(=O)NC4CCOCC4)C3)[nH]n2)cc1. The fraction of sp³-hybridized carbons (Fsp3) is 0.522. The van der Waals surface area contributed by atoms with Crippen molar-refractivity contribution in [3.05, 3.63) is 41.6 Å². The summed E-state index contributed by atoms with van der Waals surface area (Å²) in [5.74, 6) is 1.34. The van der Waals surface area contributed by atoms with E-state index >= 15 is 0 Å². The number of carbonyl (C=O) groups excluding carboxylic acids is 2. The Hall–Kier alpha value is -3.07. The summed E-state index contributed by atoms with van der Waals surface area (Å²) in [5, 5.41) is 13.0. The first-order valence-corrected chi connectivity index (χ1v) is 11.1. The summed E-state index contributed by atoms with van der Waals surface area (Å²) in [5.41, 5.74) is 1.84. The Labute approximate surface area is 187 Å². The van der Waals surface area contributed by atoms with Gasteiger partial charge < -0.3 is 24.8 Å². The van der Waals surface area contributed by atoms with Crippen LogP contribution in [0.5, 0.6) is 5.75 Å². The molecule has 1 aromatic carbocycles. The van der Waals surface area contributed by atoms with Crippen LogP contribution in [-0.4, -0.2) is 54.7 Å². The summed E-state index contributed by atoms with van der Waals surface area (Å²) in [6.07, 6.45) is 3.89. The van der Waals surface area contributed by atoms with Gasteiger partial charge >= 0.3 is 6.09 Å². The number of amides is 2. The van der Waals surface area contributed by atoms with Crippen molar-refractivity contribution in [2.24, 2.45) is 0 Å². The summed E-state index contributed by atoms with van der Waals surface area (Å²) in [7, 11) is 1.61. The van der Waals surface area contributed by atoms with Crippen LogP contribution in [0.25, 0.3) is 0 Å². The molecule has 2 fully saturated rings. The van der Waals surface area contributed by atoms with E-state index in [0.717, 1.165) is 49.1 Å². The van der Waals surface area contributed by atoms with Gasteiger partial charge in [0.15, 0.2) is 5.82 Å². The number of methoxy groups -OCH3 is 1. The molecule has 2 heterocycles. The van der Waals surface area contributed by atoms with Gasteiger partial charge in [0.05, 0.1) is 13.5 Å². The predicted octanol–water partition coefficient (Wildman–Crippen LogP) is 3.14. The second-order valence-electron chi connectivity index (χ2n) is 8.35. The number of alkyl carbamates (subject to hydrolysis) is 1. The van der Waals surface area contributed by atoms with E-state index in [9.17, 15) is 9.59 Å². The highest BCUT2D eigenvalue weighted by Crippen LogP contribution is 2.35. The number of hydrogen-bond acceptors (Lipinski definition) is 6. The van der Waals surface area contributed by atoms with E-state index in [0.29, 0.717) is 19.0 Å². The Morgan fingerprint density at radius 3 is 2.69 bits per heavy atom. The van der Waals surface area contributed by atoms with Crippen LogP contribution in [-0.2, 0) is 20.7 Å². The molecule has 1 saturated heterocycles. The van der Waals surface area contributed by atoms with Crippen LogP contribution < -0.4 is 15.4 Å². The number of rotatable bonds is 7. The second kappa shape index (κ2) is 10.5. The molecular weight excluding hydrogens is 412 g/mol. The van der Waals surface area contributed by atoms with Crippen molar-refractivity contribution in [3.63, 3.8) is 0 Å². The zero-order valence-electron chi connectivity index (χ0n) is 18.3. The highest BCUT2D eigenvalue weighted by molar-refractivity contribution is 5.91. The third kappa shape index (κ3) is 6.00. The van der Waals surface area contributed by atoms with Gasteiger partial charge in [-0.1, -0.05) is 12.1 Å². The van der Waals surface area contributed by atoms with E-state index in [1.54, 1.807) is 7.11 Å². The van der Waals surface area contributed by atoms with Crippen molar-refractivity contribution in [2.75, 3.05) is 25.6 Å². The van der Waals surface area contributed by atoms with Gasteiger partial charge in [0, 0.05) is 36.9 Å². The molecule has 9 nitrogen and oxygen atoms in total. The predicted molar refractivity (Wildman–Crippen MR) is 118 cm³/mol.